The maximum absolute atomic E-state index is 12.5. The molecule has 3 atom stereocenters. The van der Waals surface area contributed by atoms with Crippen LogP contribution in [-0.4, -0.2) is 29.7 Å². The molecule has 1 aromatic carbocycles. The molecule has 1 fully saturated rings. The van der Waals surface area contributed by atoms with Gasteiger partial charge in [-0.05, 0) is 37.3 Å². The van der Waals surface area contributed by atoms with Crippen molar-refractivity contribution in [1.82, 2.24) is 0 Å². The lowest BCUT2D eigenvalue weighted by atomic mass is 9.52. The predicted octanol–water partition coefficient (Wildman–Crippen LogP) is 2.14. The van der Waals surface area contributed by atoms with Gasteiger partial charge in [-0.2, -0.15) is 0 Å². The summed E-state index contributed by atoms with van der Waals surface area (Å²) in [6.07, 6.45) is 2.60. The summed E-state index contributed by atoms with van der Waals surface area (Å²) in [7, 11) is 1.61. The molecule has 112 valence electrons. The van der Waals surface area contributed by atoms with Gasteiger partial charge >= 0.3 is 0 Å². The molecular weight excluding hydrogens is 268 g/mol. The third-order valence-electron chi connectivity index (χ3n) is 5.83. The fourth-order valence-electron chi connectivity index (χ4n) is 4.81. The third-order valence-corrected chi connectivity index (χ3v) is 5.83. The van der Waals surface area contributed by atoms with Crippen LogP contribution >= 0.6 is 0 Å². The number of ketones is 1. The van der Waals surface area contributed by atoms with Gasteiger partial charge in [0.1, 0.15) is 0 Å². The van der Waals surface area contributed by atoms with Gasteiger partial charge in [0.15, 0.2) is 23.4 Å². The van der Waals surface area contributed by atoms with Gasteiger partial charge in [0.2, 0.25) is 0 Å². The minimum Gasteiger partial charge on any atom is -0.493 e. The number of aryl methyl sites for hydroxylation is 1. The molecule has 4 heteroatoms. The summed E-state index contributed by atoms with van der Waals surface area (Å²) in [6.45, 7) is 2.05. The van der Waals surface area contributed by atoms with Crippen LogP contribution in [0.5, 0.6) is 11.5 Å². The number of hydrogen-bond acceptors (Lipinski definition) is 4. The van der Waals surface area contributed by atoms with Crippen LogP contribution in [0.25, 0.3) is 0 Å². The molecule has 21 heavy (non-hydrogen) atoms. The van der Waals surface area contributed by atoms with E-state index >= 15 is 0 Å². The molecule has 2 aliphatic carbocycles. The van der Waals surface area contributed by atoms with E-state index in [9.17, 15) is 9.90 Å². The number of ether oxygens (including phenoxy) is 2. The van der Waals surface area contributed by atoms with Crippen molar-refractivity contribution in [2.75, 3.05) is 7.11 Å². The topological polar surface area (TPSA) is 55.8 Å². The van der Waals surface area contributed by atoms with Crippen LogP contribution in [-0.2, 0) is 16.6 Å². The number of carbonyl (C=O) groups is 1. The molecule has 1 aliphatic heterocycles. The molecule has 0 amide bonds. The molecule has 1 N–H and O–H groups in total. The Bertz CT molecular complexity index is 638. The van der Waals surface area contributed by atoms with E-state index in [0.29, 0.717) is 37.2 Å². The molecule has 0 spiro atoms. The van der Waals surface area contributed by atoms with E-state index in [1.807, 2.05) is 13.0 Å². The summed E-state index contributed by atoms with van der Waals surface area (Å²) in [5, 5.41) is 11.3. The van der Waals surface area contributed by atoms with Crippen molar-refractivity contribution in [3.05, 3.63) is 23.3 Å². The summed E-state index contributed by atoms with van der Waals surface area (Å²) in [4.78, 5) is 12.5. The number of methoxy groups -OCH3 is 1. The highest BCUT2D eigenvalue weighted by Gasteiger charge is 2.67. The van der Waals surface area contributed by atoms with Gasteiger partial charge in [-0.25, -0.2) is 0 Å². The van der Waals surface area contributed by atoms with Gasteiger partial charge in [-0.3, -0.25) is 4.79 Å². The fraction of sp³-hybridized carbons (Fsp3) is 0.588. The molecule has 3 aliphatic rings. The average molecular weight is 288 g/mol. The monoisotopic (exact) mass is 288 g/mol. The lowest BCUT2D eigenvalue weighted by molar-refractivity contribution is -0.153. The second-order valence-corrected chi connectivity index (χ2v) is 6.45. The van der Waals surface area contributed by atoms with E-state index in [2.05, 4.69) is 6.07 Å². The predicted molar refractivity (Wildman–Crippen MR) is 76.9 cm³/mol. The first-order valence-corrected chi connectivity index (χ1v) is 7.69. The molecule has 4 nitrogen and oxygen atoms in total. The molecule has 0 saturated heterocycles. The molecule has 1 heterocycles. The second kappa shape index (κ2) is 4.01. The standard InChI is InChI=1S/C17H20O4/c1-3-17-13-10-4-5-12(20-2)14(13)21-15(17)11(18)7-9-16(17,19)8-6-10/h4-5,15,19H,3,6-9H2,1-2H3. The zero-order chi connectivity index (χ0) is 14.8. The number of benzene rings is 1. The van der Waals surface area contributed by atoms with E-state index in [1.165, 1.54) is 5.56 Å². The highest BCUT2D eigenvalue weighted by atomic mass is 16.5. The van der Waals surface area contributed by atoms with Crippen LogP contribution in [0, 0.1) is 0 Å². The number of Topliss-reactive ketones (excluding diaryl/α,β-unsaturated/α-hetero) is 1. The second-order valence-electron chi connectivity index (χ2n) is 6.45. The van der Waals surface area contributed by atoms with Crippen molar-refractivity contribution < 1.29 is 19.4 Å². The molecule has 1 aromatic rings. The molecule has 1 saturated carbocycles. The first kappa shape index (κ1) is 13.1. The van der Waals surface area contributed by atoms with Gasteiger partial charge in [-0.15, -0.1) is 0 Å². The normalized spacial score (nSPS) is 36.1. The Labute approximate surface area is 124 Å². The zero-order valence-electron chi connectivity index (χ0n) is 12.4. The van der Waals surface area contributed by atoms with Crippen molar-refractivity contribution in [2.24, 2.45) is 0 Å². The largest absolute Gasteiger partial charge is 0.493 e. The Morgan fingerprint density at radius 2 is 2.14 bits per heavy atom. The number of carbonyl (C=O) groups excluding carboxylic acids is 1. The number of aliphatic hydroxyl groups is 1. The number of hydrogen-bond donors (Lipinski definition) is 1. The van der Waals surface area contributed by atoms with Gasteiger partial charge in [0.25, 0.3) is 0 Å². The molecule has 4 rings (SSSR count). The van der Waals surface area contributed by atoms with Crippen LogP contribution < -0.4 is 9.47 Å². The molecular formula is C17H20O4. The van der Waals surface area contributed by atoms with E-state index < -0.39 is 17.1 Å². The molecule has 0 bridgehead atoms. The lowest BCUT2D eigenvalue weighted by Gasteiger charge is -2.52. The highest BCUT2D eigenvalue weighted by Crippen LogP contribution is 2.62. The van der Waals surface area contributed by atoms with Crippen LogP contribution in [0.3, 0.4) is 0 Å². The van der Waals surface area contributed by atoms with Gasteiger partial charge in [0, 0.05) is 12.0 Å². The minimum absolute atomic E-state index is 0.104. The van der Waals surface area contributed by atoms with E-state index in [-0.39, 0.29) is 5.78 Å². The number of rotatable bonds is 2. The Hall–Kier alpha value is -1.55. The van der Waals surface area contributed by atoms with Crippen LogP contribution in [0.4, 0.5) is 0 Å². The maximum atomic E-state index is 12.5. The SMILES string of the molecule is CCC12c3c4ccc(OC)c3OC1C(=O)CCC2(O)CC4. The van der Waals surface area contributed by atoms with Crippen molar-refractivity contribution in [2.45, 2.75) is 56.1 Å². The van der Waals surface area contributed by atoms with Crippen molar-refractivity contribution >= 4 is 5.78 Å². The van der Waals surface area contributed by atoms with Crippen LogP contribution in [0.1, 0.15) is 43.7 Å². The fourth-order valence-corrected chi connectivity index (χ4v) is 4.81. The summed E-state index contributed by atoms with van der Waals surface area (Å²) < 4.78 is 11.5. The summed E-state index contributed by atoms with van der Waals surface area (Å²) in [6, 6.07) is 3.96. The Morgan fingerprint density at radius 1 is 1.38 bits per heavy atom. The Kier molecular flexibility index (Phi) is 2.51. The summed E-state index contributed by atoms with van der Waals surface area (Å²) in [5.41, 5.74) is 0.774. The summed E-state index contributed by atoms with van der Waals surface area (Å²) >= 11 is 0. The van der Waals surface area contributed by atoms with Gasteiger partial charge in [-0.1, -0.05) is 13.0 Å². The Balaban J connectivity index is 2.05. The van der Waals surface area contributed by atoms with Gasteiger partial charge < -0.3 is 14.6 Å². The lowest BCUT2D eigenvalue weighted by Crippen LogP contribution is -2.64. The first-order valence-electron chi connectivity index (χ1n) is 7.69. The van der Waals surface area contributed by atoms with Crippen molar-refractivity contribution in [3.63, 3.8) is 0 Å². The third kappa shape index (κ3) is 1.32. The molecule has 0 aromatic heterocycles. The van der Waals surface area contributed by atoms with E-state index in [0.717, 1.165) is 12.0 Å². The van der Waals surface area contributed by atoms with E-state index in [4.69, 9.17) is 9.47 Å². The smallest absolute Gasteiger partial charge is 0.174 e. The van der Waals surface area contributed by atoms with Gasteiger partial charge in [0.05, 0.1) is 18.1 Å². The highest BCUT2D eigenvalue weighted by molar-refractivity contribution is 5.89. The molecule has 0 radical (unpaired) electrons. The molecule has 3 unspecified atom stereocenters. The zero-order valence-corrected chi connectivity index (χ0v) is 12.4. The first-order chi connectivity index (χ1) is 10.1. The van der Waals surface area contributed by atoms with Crippen LogP contribution in [0.15, 0.2) is 12.1 Å². The van der Waals surface area contributed by atoms with Crippen molar-refractivity contribution in [1.29, 1.82) is 0 Å². The van der Waals surface area contributed by atoms with Crippen molar-refractivity contribution in [3.8, 4) is 11.5 Å². The Morgan fingerprint density at radius 3 is 2.86 bits per heavy atom. The minimum atomic E-state index is -0.842. The summed E-state index contributed by atoms with van der Waals surface area (Å²) in [5.74, 6) is 1.44. The maximum Gasteiger partial charge on any atom is 0.174 e. The quantitative estimate of drug-likeness (QED) is 0.906. The van der Waals surface area contributed by atoms with Crippen LogP contribution in [0.2, 0.25) is 0 Å². The van der Waals surface area contributed by atoms with E-state index in [1.54, 1.807) is 7.11 Å². The average Bonchev–Trinajstić information content (AvgIpc) is 2.87.